The Morgan fingerprint density at radius 3 is 1.01 bits per heavy atom. The van der Waals surface area contributed by atoms with Crippen molar-refractivity contribution < 1.29 is 71.8 Å². The number of nitrogens with zero attached hydrogens (tertiary/aromatic N) is 13. The van der Waals surface area contributed by atoms with E-state index in [0.29, 0.717) is 81.0 Å². The quantitative estimate of drug-likeness (QED) is 0.0140. The number of hydrogen-bond donors (Lipinski definition) is 7. The third-order valence-corrected chi connectivity index (χ3v) is 32.2. The number of nitrogens with two attached hydrogens (primary N) is 3. The first-order valence-electron chi connectivity index (χ1n) is 48.6. The fraction of sp³-hybridized carbons (Fsp3) is 0.485. The van der Waals surface area contributed by atoms with Crippen LogP contribution in [0.5, 0.6) is 0 Å². The van der Waals surface area contributed by atoms with Crippen LogP contribution in [-0.4, -0.2) is 331 Å². The summed E-state index contributed by atoms with van der Waals surface area (Å²) in [5.74, 6) is -1.58. The molecule has 1 atom stereocenters. The highest BCUT2D eigenvalue weighted by Crippen LogP contribution is 2.54. The largest absolute Gasteiger partial charge is 0.416 e. The molecule has 27 nitrogen and oxygen atoms in total. The lowest BCUT2D eigenvalue weighted by atomic mass is 10.1. The van der Waals surface area contributed by atoms with E-state index in [0.717, 1.165) is 271 Å². The van der Waals surface area contributed by atoms with E-state index >= 15 is 0 Å². The predicted octanol–water partition coefficient (Wildman–Crippen LogP) is 13.7. The zero-order chi connectivity index (χ0) is 101. The number of anilines is 8. The fourth-order valence-electron chi connectivity index (χ4n) is 18.3. The van der Waals surface area contributed by atoms with E-state index in [2.05, 4.69) is 94.5 Å². The molecule has 8 aromatic rings. The number of piperazine rings is 4. The average molecular weight is 2070 g/mol. The Morgan fingerprint density at radius 1 is 0.366 bits per heavy atom. The number of primary amides is 1. The van der Waals surface area contributed by atoms with Crippen molar-refractivity contribution in [1.29, 1.82) is 0 Å². The van der Waals surface area contributed by atoms with Crippen molar-refractivity contribution in [1.82, 2.24) is 64.8 Å². The average Bonchev–Trinajstić information content (AvgIpc) is 0.799. The van der Waals surface area contributed by atoms with E-state index in [1.165, 1.54) is 88.7 Å². The molecule has 0 saturated carbocycles. The number of ether oxygens (including phenoxy) is 1. The van der Waals surface area contributed by atoms with Crippen LogP contribution >= 0.6 is 47.0 Å². The summed E-state index contributed by atoms with van der Waals surface area (Å²) in [5.41, 5.74) is 21.4. The van der Waals surface area contributed by atoms with Crippen LogP contribution in [0.4, 0.5) is 85.0 Å². The second kappa shape index (κ2) is 52.9. The minimum atomic E-state index is -4.40. The molecule has 8 heterocycles. The van der Waals surface area contributed by atoms with Gasteiger partial charge in [0.15, 0.2) is 0 Å². The van der Waals surface area contributed by atoms with Crippen LogP contribution in [0.2, 0.25) is 0 Å². The molecule has 0 radical (unpaired) electrons. The second-order valence-electron chi connectivity index (χ2n) is 36.1. The van der Waals surface area contributed by atoms with Gasteiger partial charge in [-0.05, 0) is 173 Å². The van der Waals surface area contributed by atoms with Gasteiger partial charge in [0.2, 0.25) is 33.7 Å². The molecule has 0 unspecified atom stereocenters. The Kier molecular flexibility index (Phi) is 41.1. The lowest BCUT2D eigenvalue weighted by molar-refractivity contribution is -0.138. The molecule has 10 N–H and O–H groups in total. The van der Waals surface area contributed by atoms with Gasteiger partial charge in [-0.25, -0.2) is 12.7 Å². The molecule has 8 aromatic carbocycles. The summed E-state index contributed by atoms with van der Waals surface area (Å²) >= 11 is 6.26. The van der Waals surface area contributed by atoms with Crippen LogP contribution in [0.15, 0.2) is 214 Å². The van der Waals surface area contributed by atoms with Crippen molar-refractivity contribution in [3.05, 3.63) is 187 Å². The van der Waals surface area contributed by atoms with Crippen LogP contribution in [0, 0.1) is 0 Å². The zero-order valence-corrected chi connectivity index (χ0v) is 85.2. The Bertz CT molecular complexity index is 5560. The van der Waals surface area contributed by atoms with Crippen molar-refractivity contribution in [2.75, 3.05) is 269 Å². The maximum Gasteiger partial charge on any atom is 0.416 e. The van der Waals surface area contributed by atoms with Gasteiger partial charge in [-0.15, -0.1) is 0 Å². The minimum Gasteiger partial charge on any atom is -0.378 e. The molecule has 8 aliphatic heterocycles. The number of fused-ring (bicyclic) bond motifs is 8. The Morgan fingerprint density at radius 2 is 0.683 bits per heavy atom. The van der Waals surface area contributed by atoms with Crippen molar-refractivity contribution in [3.63, 3.8) is 0 Å². The maximum absolute atomic E-state index is 13.5. The third kappa shape index (κ3) is 31.5. The molecule has 142 heavy (non-hydrogen) atoms. The van der Waals surface area contributed by atoms with E-state index in [-0.39, 0.29) is 12.3 Å². The van der Waals surface area contributed by atoms with Gasteiger partial charge < -0.3 is 82.4 Å². The van der Waals surface area contributed by atoms with Crippen molar-refractivity contribution >= 4 is 126 Å². The van der Waals surface area contributed by atoms with Crippen LogP contribution in [-0.2, 0) is 52.5 Å². The molecule has 4 amide bonds. The highest BCUT2D eigenvalue weighted by atomic mass is 32.2. The third-order valence-electron chi connectivity index (χ3n) is 25.9. The molecule has 0 bridgehead atoms. The lowest BCUT2D eigenvalue weighted by Gasteiger charge is -2.36. The van der Waals surface area contributed by atoms with Gasteiger partial charge in [0, 0.05) is 263 Å². The van der Waals surface area contributed by atoms with Crippen molar-refractivity contribution in [2.45, 2.75) is 115 Å². The number of carbonyl (C=O) groups is 4. The SMILES string of the molecule is CC(=O)NCCOCCN1CCN(CCCN2c3ccccc3Sc3ccc(C(F)(F)F)cc32)CC1.CC(=O)N[C@@H](CC(N)=O)C(=O)NCCN1CCN(CCCN2c3ccccc3Sc3ccc(C(F)(F)F)cc32)CC1.CN(C)S(=O)(=O)c1ccc2c(c1)N(CCCN1CCN(CCN)CC1)c1ccccc1S2.NCCNCCN1CCN(CCCN2c3ccccc3Sc3ccc(C(F)(F)F)cc32)CC1. The van der Waals surface area contributed by atoms with Gasteiger partial charge in [0.1, 0.15) is 6.04 Å². The summed E-state index contributed by atoms with van der Waals surface area (Å²) in [7, 11) is -0.337. The van der Waals surface area contributed by atoms with Gasteiger partial charge in [-0.3, -0.25) is 38.8 Å². The number of para-hydroxylation sites is 4. The van der Waals surface area contributed by atoms with Gasteiger partial charge >= 0.3 is 18.5 Å². The molecule has 0 aliphatic carbocycles. The van der Waals surface area contributed by atoms with Gasteiger partial charge in [0.25, 0.3) is 0 Å². The van der Waals surface area contributed by atoms with Gasteiger partial charge in [-0.1, -0.05) is 95.6 Å². The number of nitrogens with one attached hydrogen (secondary N) is 4. The first-order chi connectivity index (χ1) is 68.2. The molecule has 0 spiro atoms. The first-order valence-corrected chi connectivity index (χ1v) is 53.3. The van der Waals surface area contributed by atoms with Gasteiger partial charge in [0.05, 0.1) is 86.7 Å². The van der Waals surface area contributed by atoms with Crippen LogP contribution in [0.25, 0.3) is 0 Å². The molecule has 8 aliphatic rings. The number of sulfonamides is 1. The molecule has 772 valence electrons. The maximum atomic E-state index is 13.5. The number of hydrogen-bond acceptors (Lipinski definition) is 26. The summed E-state index contributed by atoms with van der Waals surface area (Å²) in [6, 6.07) is 48.6. The van der Waals surface area contributed by atoms with E-state index < -0.39 is 69.0 Å². The molecular weight excluding hydrogens is 1940 g/mol. The minimum absolute atomic E-state index is 0.0478. The Balaban J connectivity index is 0.000000160. The second-order valence-corrected chi connectivity index (χ2v) is 42.6. The van der Waals surface area contributed by atoms with Crippen LogP contribution in [0.3, 0.4) is 0 Å². The summed E-state index contributed by atoms with van der Waals surface area (Å²) in [5, 5.41) is 11.3. The smallest absolute Gasteiger partial charge is 0.378 e. The van der Waals surface area contributed by atoms with Crippen LogP contribution in [0.1, 0.15) is 62.6 Å². The predicted molar refractivity (Wildman–Crippen MR) is 547 cm³/mol. The standard InChI is InChI=1S/C28H35F3N6O3S.C26H33F3N4O2S.C24H32F3N5S.C23H33N5O2S2/c1-19(38)34-21(18-26(32)39)27(40)33-9-12-36-15-13-35(14-16-36)10-4-11-37-22-5-2-3-6-24(22)41-25-8-7-20(17-23(25)37)28(29,30)31;1-20(34)30-9-17-35-18-16-32-14-12-31(13-15-32)10-4-11-33-22-5-2-3-6-24(22)36-25-8-7-21(19-23(25)33)26(27,28)29;25-24(26,27)19-6-7-23-21(18-19)32(20-4-1-2-5-22(20)33-23)12-3-11-30-14-16-31(17-15-30)13-10-29-9-8-28;1-25(2)32(29,30)19-8-9-23-21(18-19)28(20-6-3-4-7-22(20)31-23)12-5-11-26-14-16-27(13-10-24)17-15-26/h2-3,5-8,17,21H,4,9-16,18H2,1H3,(H2,32,39)(H,33,40)(H,34,38);2-3,5-8,19H,4,9-18H2,1H3,(H,30,34);1-2,4-7,18,29H,3,8-17,28H2;3-4,6-9,18H,5,10-17,24H2,1-2H3/t21-;;;/m0.../s1. The summed E-state index contributed by atoms with van der Waals surface area (Å²) in [6.07, 6.45) is -9.81. The number of halogens is 9. The van der Waals surface area contributed by atoms with Crippen molar-refractivity contribution in [2.24, 2.45) is 17.2 Å². The topological polar surface area (TPSA) is 280 Å². The van der Waals surface area contributed by atoms with E-state index in [9.17, 15) is 67.1 Å². The number of rotatable bonds is 38. The molecule has 0 aromatic heterocycles. The first kappa shape index (κ1) is 110. The monoisotopic (exact) mass is 2070 g/mol. The number of alkyl halides is 9. The highest BCUT2D eigenvalue weighted by Gasteiger charge is 2.39. The molecule has 16 rings (SSSR count). The molecule has 4 saturated heterocycles. The zero-order valence-electron chi connectivity index (χ0n) is 81.1. The molecule has 4 fully saturated rings. The fourth-order valence-corrected chi connectivity index (χ4v) is 23.5. The summed E-state index contributed by atoms with van der Waals surface area (Å²) < 4.78 is 153. The Hall–Kier alpha value is -8.96. The normalized spacial score (nSPS) is 16.8. The van der Waals surface area contributed by atoms with E-state index in [1.54, 1.807) is 50.1 Å². The van der Waals surface area contributed by atoms with E-state index in [1.807, 2.05) is 94.7 Å². The number of carbonyl (C=O) groups excluding carboxylic acids is 4. The van der Waals surface area contributed by atoms with E-state index in [4.69, 9.17) is 21.9 Å². The van der Waals surface area contributed by atoms with Crippen LogP contribution < -0.4 is 58.1 Å². The molecule has 41 heteroatoms. The lowest BCUT2D eigenvalue weighted by Crippen LogP contribution is -2.51. The Labute approximate surface area is 845 Å². The summed E-state index contributed by atoms with van der Waals surface area (Å²) in [6.45, 7) is 33.7. The molecular formula is C101H133F9N20O7S5. The summed E-state index contributed by atoms with van der Waals surface area (Å²) in [4.78, 5) is 81.7. The highest BCUT2D eigenvalue weighted by molar-refractivity contribution is 8.00. The van der Waals surface area contributed by atoms with Crippen molar-refractivity contribution in [3.8, 4) is 0 Å². The van der Waals surface area contributed by atoms with Gasteiger partial charge in [-0.2, -0.15) is 39.5 Å². The number of amides is 4. The number of benzene rings is 8.